The quantitative estimate of drug-likeness (QED) is 0.818. The molecule has 0 aromatic carbocycles. The van der Waals surface area contributed by atoms with Gasteiger partial charge in [-0.15, -0.1) is 0 Å². The molecule has 0 spiro atoms. The predicted molar refractivity (Wildman–Crippen MR) is 73.7 cm³/mol. The molecule has 106 valence electrons. The second-order valence-corrected chi connectivity index (χ2v) is 6.27. The zero-order valence-corrected chi connectivity index (χ0v) is 12.0. The van der Waals surface area contributed by atoms with Crippen LogP contribution < -0.4 is 5.32 Å². The third kappa shape index (κ3) is 4.22. The van der Waals surface area contributed by atoms with E-state index in [1.54, 1.807) is 0 Å². The van der Waals surface area contributed by atoms with Gasteiger partial charge in [0, 0.05) is 25.7 Å². The van der Waals surface area contributed by atoms with E-state index < -0.39 is 0 Å². The lowest BCUT2D eigenvalue weighted by Crippen LogP contribution is -2.44. The molecule has 0 amide bonds. The summed E-state index contributed by atoms with van der Waals surface area (Å²) < 4.78 is 11.7. The highest BCUT2D eigenvalue weighted by Crippen LogP contribution is 2.30. The number of hydrogen-bond acceptors (Lipinski definition) is 3. The predicted octanol–water partition coefficient (Wildman–Crippen LogP) is 2.45. The first-order chi connectivity index (χ1) is 8.77. The fourth-order valence-electron chi connectivity index (χ4n) is 3.19. The Morgan fingerprint density at radius 3 is 2.72 bits per heavy atom. The Bertz CT molecular complexity index is 227. The fourth-order valence-corrected chi connectivity index (χ4v) is 3.19. The topological polar surface area (TPSA) is 30.5 Å². The van der Waals surface area contributed by atoms with Gasteiger partial charge in [0.1, 0.15) is 0 Å². The van der Waals surface area contributed by atoms with Crippen molar-refractivity contribution < 1.29 is 9.47 Å². The molecule has 3 atom stereocenters. The zero-order valence-electron chi connectivity index (χ0n) is 12.0. The van der Waals surface area contributed by atoms with Crippen molar-refractivity contribution >= 4 is 0 Å². The van der Waals surface area contributed by atoms with Crippen molar-refractivity contribution in [3.63, 3.8) is 0 Å². The molecule has 0 bridgehead atoms. The first-order valence-corrected chi connectivity index (χ1v) is 7.67. The van der Waals surface area contributed by atoms with E-state index in [-0.39, 0.29) is 0 Å². The van der Waals surface area contributed by atoms with Gasteiger partial charge in [0.25, 0.3) is 0 Å². The fraction of sp³-hybridized carbons (Fsp3) is 1.00. The molecule has 1 N–H and O–H groups in total. The maximum absolute atomic E-state index is 6.07. The van der Waals surface area contributed by atoms with Gasteiger partial charge in [0.05, 0.1) is 12.7 Å². The van der Waals surface area contributed by atoms with Crippen LogP contribution in [-0.2, 0) is 9.47 Å². The number of hydrogen-bond donors (Lipinski definition) is 1. The molecule has 0 aromatic rings. The molecule has 2 aliphatic rings. The Morgan fingerprint density at radius 2 is 2.00 bits per heavy atom. The summed E-state index contributed by atoms with van der Waals surface area (Å²) in [6, 6.07) is 0. The molecule has 3 unspecified atom stereocenters. The van der Waals surface area contributed by atoms with Crippen molar-refractivity contribution in [3.8, 4) is 0 Å². The standard InChI is InChI=1S/C15H29NO2/c1-12(2)9-16-10-13-5-4-8-18-15(13)14-6-3-7-17-11-14/h12-16H,3-11H2,1-2H3. The van der Waals surface area contributed by atoms with Crippen LogP contribution in [0.4, 0.5) is 0 Å². The molecule has 2 saturated heterocycles. The monoisotopic (exact) mass is 255 g/mol. The molecule has 0 aromatic heterocycles. The van der Waals surface area contributed by atoms with Crippen LogP contribution in [0.2, 0.25) is 0 Å². The van der Waals surface area contributed by atoms with E-state index in [0.29, 0.717) is 17.9 Å². The molecule has 0 saturated carbocycles. The summed E-state index contributed by atoms with van der Waals surface area (Å²) in [4.78, 5) is 0. The summed E-state index contributed by atoms with van der Waals surface area (Å²) in [5.41, 5.74) is 0. The molecule has 0 radical (unpaired) electrons. The van der Waals surface area contributed by atoms with Crippen LogP contribution in [-0.4, -0.2) is 39.0 Å². The summed E-state index contributed by atoms with van der Waals surface area (Å²) >= 11 is 0. The zero-order chi connectivity index (χ0) is 12.8. The summed E-state index contributed by atoms with van der Waals surface area (Å²) in [5, 5.41) is 3.60. The van der Waals surface area contributed by atoms with Gasteiger partial charge < -0.3 is 14.8 Å². The molecule has 2 heterocycles. The van der Waals surface area contributed by atoms with Crippen molar-refractivity contribution in [2.75, 3.05) is 32.9 Å². The van der Waals surface area contributed by atoms with E-state index in [1.165, 1.54) is 25.7 Å². The first kappa shape index (κ1) is 14.3. The van der Waals surface area contributed by atoms with Crippen molar-refractivity contribution in [1.29, 1.82) is 0 Å². The van der Waals surface area contributed by atoms with Gasteiger partial charge in [-0.25, -0.2) is 0 Å². The van der Waals surface area contributed by atoms with Crippen LogP contribution in [0, 0.1) is 17.8 Å². The van der Waals surface area contributed by atoms with E-state index in [0.717, 1.165) is 38.8 Å². The van der Waals surface area contributed by atoms with Crippen LogP contribution in [0.3, 0.4) is 0 Å². The van der Waals surface area contributed by atoms with Gasteiger partial charge in [-0.3, -0.25) is 0 Å². The second-order valence-electron chi connectivity index (χ2n) is 6.27. The smallest absolute Gasteiger partial charge is 0.0665 e. The highest BCUT2D eigenvalue weighted by atomic mass is 16.5. The minimum absolute atomic E-state index is 0.429. The van der Waals surface area contributed by atoms with E-state index in [2.05, 4.69) is 19.2 Å². The minimum Gasteiger partial charge on any atom is -0.381 e. The van der Waals surface area contributed by atoms with Gasteiger partial charge in [0.15, 0.2) is 0 Å². The van der Waals surface area contributed by atoms with Crippen LogP contribution in [0.1, 0.15) is 39.5 Å². The molecule has 0 aliphatic carbocycles. The van der Waals surface area contributed by atoms with Gasteiger partial charge in [0.2, 0.25) is 0 Å². The van der Waals surface area contributed by atoms with Crippen molar-refractivity contribution in [2.45, 2.75) is 45.6 Å². The Labute approximate surface area is 112 Å². The molecule has 18 heavy (non-hydrogen) atoms. The lowest BCUT2D eigenvalue weighted by molar-refractivity contribution is -0.0952. The van der Waals surface area contributed by atoms with Crippen molar-refractivity contribution in [3.05, 3.63) is 0 Å². The van der Waals surface area contributed by atoms with Crippen molar-refractivity contribution in [2.24, 2.45) is 17.8 Å². The molecule has 2 fully saturated rings. The Hall–Kier alpha value is -0.120. The molecule has 3 nitrogen and oxygen atoms in total. The summed E-state index contributed by atoms with van der Waals surface area (Å²) in [6.45, 7) is 9.55. The van der Waals surface area contributed by atoms with Gasteiger partial charge in [-0.2, -0.15) is 0 Å². The summed E-state index contributed by atoms with van der Waals surface area (Å²) in [5.74, 6) is 2.04. The van der Waals surface area contributed by atoms with Gasteiger partial charge in [-0.1, -0.05) is 13.8 Å². The highest BCUT2D eigenvalue weighted by Gasteiger charge is 2.33. The van der Waals surface area contributed by atoms with Crippen LogP contribution in [0.5, 0.6) is 0 Å². The average molecular weight is 255 g/mol. The molecule has 2 aliphatic heterocycles. The molecular formula is C15H29NO2. The van der Waals surface area contributed by atoms with Crippen molar-refractivity contribution in [1.82, 2.24) is 5.32 Å². The summed E-state index contributed by atoms with van der Waals surface area (Å²) in [7, 11) is 0. The third-order valence-electron chi connectivity index (χ3n) is 4.11. The molecular weight excluding hydrogens is 226 g/mol. The molecule has 3 heteroatoms. The minimum atomic E-state index is 0.429. The normalized spacial score (nSPS) is 33.8. The first-order valence-electron chi connectivity index (χ1n) is 7.67. The van der Waals surface area contributed by atoms with Gasteiger partial charge >= 0.3 is 0 Å². The van der Waals surface area contributed by atoms with Crippen LogP contribution in [0.25, 0.3) is 0 Å². The number of nitrogens with one attached hydrogen (secondary N) is 1. The largest absolute Gasteiger partial charge is 0.381 e. The van der Waals surface area contributed by atoms with Crippen LogP contribution in [0.15, 0.2) is 0 Å². The van der Waals surface area contributed by atoms with E-state index in [4.69, 9.17) is 9.47 Å². The van der Waals surface area contributed by atoms with E-state index in [1.807, 2.05) is 0 Å². The Kier molecular flexibility index (Phi) is 5.93. The lowest BCUT2D eigenvalue weighted by Gasteiger charge is -2.38. The lowest BCUT2D eigenvalue weighted by atomic mass is 9.83. The molecule has 2 rings (SSSR count). The average Bonchev–Trinajstić information content (AvgIpc) is 2.40. The second kappa shape index (κ2) is 7.46. The third-order valence-corrected chi connectivity index (χ3v) is 4.11. The Morgan fingerprint density at radius 1 is 1.17 bits per heavy atom. The maximum Gasteiger partial charge on any atom is 0.0665 e. The van der Waals surface area contributed by atoms with Gasteiger partial charge in [-0.05, 0) is 44.1 Å². The highest BCUT2D eigenvalue weighted by molar-refractivity contribution is 4.83. The van der Waals surface area contributed by atoms with E-state index in [9.17, 15) is 0 Å². The SMILES string of the molecule is CC(C)CNCC1CCCOC1C1CCCOC1. The number of ether oxygens (including phenoxy) is 2. The Balaban J connectivity index is 1.80. The summed E-state index contributed by atoms with van der Waals surface area (Å²) in [6.07, 6.45) is 5.45. The van der Waals surface area contributed by atoms with E-state index >= 15 is 0 Å². The van der Waals surface area contributed by atoms with Crippen LogP contribution >= 0.6 is 0 Å². The maximum atomic E-state index is 6.07. The number of rotatable bonds is 5.